The van der Waals surface area contributed by atoms with Crippen molar-refractivity contribution in [2.45, 2.75) is 0 Å². The van der Waals surface area contributed by atoms with E-state index in [4.69, 9.17) is 13.8 Å². The van der Waals surface area contributed by atoms with Crippen LogP contribution in [0.15, 0.2) is 131 Å². The van der Waals surface area contributed by atoms with Gasteiger partial charge >= 0.3 is 0 Å². The van der Waals surface area contributed by atoms with Crippen molar-refractivity contribution in [2.24, 2.45) is 0 Å². The van der Waals surface area contributed by atoms with Gasteiger partial charge in [-0.3, -0.25) is 4.98 Å². The summed E-state index contributed by atoms with van der Waals surface area (Å²) in [7, 11) is 0. The maximum absolute atomic E-state index is 6.12. The van der Waals surface area contributed by atoms with Crippen LogP contribution in [-0.2, 0) is 0 Å². The molecule has 0 atom stereocenters. The van der Waals surface area contributed by atoms with E-state index in [1.54, 1.807) is 12.5 Å². The molecule has 0 fully saturated rings. The molecule has 0 saturated carbocycles. The molecule has 39 heavy (non-hydrogen) atoms. The highest BCUT2D eigenvalue weighted by Gasteiger charge is 2.17. The van der Waals surface area contributed by atoms with Crippen LogP contribution in [0.2, 0.25) is 0 Å². The Morgan fingerprint density at radius 1 is 0.590 bits per heavy atom. The van der Waals surface area contributed by atoms with Crippen molar-refractivity contribution in [3.8, 4) is 39.9 Å². The molecule has 6 nitrogen and oxygen atoms in total. The fraction of sp³-hybridized carbons (Fsp3) is 0. The number of para-hydroxylation sites is 2. The Kier molecular flexibility index (Phi) is 4.72. The molecule has 184 valence electrons. The maximum atomic E-state index is 6.12. The molecule has 0 saturated heterocycles. The molecule has 4 aromatic heterocycles. The molecule has 0 radical (unpaired) electrons. The van der Waals surface area contributed by atoms with Crippen LogP contribution in [0.25, 0.3) is 72.8 Å². The summed E-state index contributed by atoms with van der Waals surface area (Å²) < 4.78 is 14.0. The Labute approximate surface area is 222 Å². The van der Waals surface area contributed by atoms with E-state index in [1.807, 2.05) is 54.7 Å². The van der Waals surface area contributed by atoms with Crippen molar-refractivity contribution in [1.29, 1.82) is 0 Å². The second kappa shape index (κ2) is 8.53. The summed E-state index contributed by atoms with van der Waals surface area (Å²) in [6.45, 7) is 0. The van der Waals surface area contributed by atoms with E-state index in [1.165, 1.54) is 0 Å². The summed E-state index contributed by atoms with van der Waals surface area (Å²) >= 11 is 0. The second-order valence-corrected chi connectivity index (χ2v) is 9.39. The highest BCUT2D eigenvalue weighted by Crippen LogP contribution is 2.37. The summed E-state index contributed by atoms with van der Waals surface area (Å²) in [5, 5.41) is 2.22. The first-order valence-electron chi connectivity index (χ1n) is 12.7. The number of nitrogens with zero attached hydrogens (tertiary/aromatic N) is 4. The van der Waals surface area contributed by atoms with E-state index in [0.29, 0.717) is 11.8 Å². The number of hydrogen-bond donors (Lipinski definition) is 0. The normalized spacial score (nSPS) is 11.6. The van der Waals surface area contributed by atoms with Crippen LogP contribution in [-0.4, -0.2) is 19.5 Å². The Bertz CT molecular complexity index is 2090. The van der Waals surface area contributed by atoms with E-state index in [9.17, 15) is 0 Å². The third-order valence-corrected chi connectivity index (χ3v) is 7.05. The number of oxazole rings is 2. The molecule has 6 heteroatoms. The molecule has 0 aliphatic heterocycles. The van der Waals surface area contributed by atoms with Gasteiger partial charge in [0.15, 0.2) is 5.58 Å². The van der Waals surface area contributed by atoms with Crippen molar-refractivity contribution in [3.63, 3.8) is 0 Å². The fourth-order valence-electron chi connectivity index (χ4n) is 5.26. The highest BCUT2D eigenvalue weighted by atomic mass is 16.3. The van der Waals surface area contributed by atoms with Crippen molar-refractivity contribution < 1.29 is 8.83 Å². The quantitative estimate of drug-likeness (QED) is 0.241. The van der Waals surface area contributed by atoms with Crippen LogP contribution in [0, 0.1) is 0 Å². The van der Waals surface area contributed by atoms with Crippen molar-refractivity contribution in [3.05, 3.63) is 122 Å². The molecule has 0 amide bonds. The third kappa shape index (κ3) is 3.54. The first-order valence-corrected chi connectivity index (χ1v) is 12.7. The van der Waals surface area contributed by atoms with Gasteiger partial charge in [0.1, 0.15) is 11.8 Å². The third-order valence-electron chi connectivity index (χ3n) is 7.05. The molecule has 0 bridgehead atoms. The van der Waals surface area contributed by atoms with Gasteiger partial charge in [-0.05, 0) is 66.7 Å². The van der Waals surface area contributed by atoms with Crippen LogP contribution < -0.4 is 0 Å². The standard InChI is InChI=1S/C33H20N4O2/c1-2-10-31-28(9-1)36-33(39-31)23-11-13-25-26-19-22(32-35-16-17-38-32)12-14-29(26)37(30(25)20-23)24-7-5-6-21(18-24)27-8-3-4-15-34-27/h1-20H. The zero-order valence-electron chi connectivity index (χ0n) is 20.7. The van der Waals surface area contributed by atoms with Gasteiger partial charge in [0, 0.05) is 39.3 Å². The van der Waals surface area contributed by atoms with Gasteiger partial charge < -0.3 is 13.4 Å². The van der Waals surface area contributed by atoms with E-state index in [2.05, 4.69) is 69.1 Å². The molecule has 8 rings (SSSR count). The second-order valence-electron chi connectivity index (χ2n) is 9.39. The van der Waals surface area contributed by atoms with E-state index >= 15 is 0 Å². The first kappa shape index (κ1) is 21.6. The van der Waals surface area contributed by atoms with Gasteiger partial charge in [0.25, 0.3) is 0 Å². The molecule has 8 aromatic rings. The SMILES string of the molecule is c1ccc(-c2cccc(-n3c4ccc(-c5ncco5)cc4c4ccc(-c5nc6ccccc6o5)cc43)c2)nc1. The molecule has 0 aliphatic carbocycles. The molecule has 4 aromatic carbocycles. The van der Waals surface area contributed by atoms with Crippen molar-refractivity contribution >= 4 is 32.9 Å². The number of rotatable bonds is 4. The number of fused-ring (bicyclic) bond motifs is 4. The molecule has 0 spiro atoms. The van der Waals surface area contributed by atoms with Gasteiger partial charge in [-0.15, -0.1) is 0 Å². The van der Waals surface area contributed by atoms with Crippen LogP contribution in [0.5, 0.6) is 0 Å². The lowest BCUT2D eigenvalue weighted by atomic mass is 10.1. The minimum absolute atomic E-state index is 0.595. The Morgan fingerprint density at radius 3 is 2.36 bits per heavy atom. The van der Waals surface area contributed by atoms with E-state index in [-0.39, 0.29) is 0 Å². The van der Waals surface area contributed by atoms with Crippen LogP contribution in [0.1, 0.15) is 0 Å². The van der Waals surface area contributed by atoms with Gasteiger partial charge in [-0.1, -0.05) is 36.4 Å². The van der Waals surface area contributed by atoms with Crippen molar-refractivity contribution in [2.75, 3.05) is 0 Å². The zero-order valence-corrected chi connectivity index (χ0v) is 20.7. The van der Waals surface area contributed by atoms with E-state index in [0.717, 1.165) is 61.0 Å². The van der Waals surface area contributed by atoms with Gasteiger partial charge in [-0.2, -0.15) is 0 Å². The number of aromatic nitrogens is 4. The molecule has 0 N–H and O–H groups in total. The maximum Gasteiger partial charge on any atom is 0.227 e. The number of pyridine rings is 1. The summed E-state index contributed by atoms with van der Waals surface area (Å²) in [6.07, 6.45) is 5.08. The lowest BCUT2D eigenvalue weighted by molar-refractivity contribution is 0.574. The Morgan fingerprint density at radius 2 is 1.49 bits per heavy atom. The molecule has 0 unspecified atom stereocenters. The topological polar surface area (TPSA) is 69.9 Å². The molecule has 0 aliphatic rings. The highest BCUT2D eigenvalue weighted by molar-refractivity contribution is 6.11. The molecular formula is C33H20N4O2. The zero-order chi connectivity index (χ0) is 25.8. The number of hydrogen-bond acceptors (Lipinski definition) is 5. The van der Waals surface area contributed by atoms with Crippen LogP contribution in [0.4, 0.5) is 0 Å². The largest absolute Gasteiger partial charge is 0.445 e. The molecule has 4 heterocycles. The minimum atomic E-state index is 0.595. The summed E-state index contributed by atoms with van der Waals surface area (Å²) in [5.74, 6) is 1.19. The average molecular weight is 505 g/mol. The number of benzene rings is 4. The lowest BCUT2D eigenvalue weighted by Gasteiger charge is -2.10. The fourth-order valence-corrected chi connectivity index (χ4v) is 5.26. The van der Waals surface area contributed by atoms with Gasteiger partial charge in [0.2, 0.25) is 11.8 Å². The lowest BCUT2D eigenvalue weighted by Crippen LogP contribution is -1.95. The minimum Gasteiger partial charge on any atom is -0.445 e. The smallest absolute Gasteiger partial charge is 0.227 e. The van der Waals surface area contributed by atoms with Gasteiger partial charge in [-0.25, -0.2) is 9.97 Å². The summed E-state index contributed by atoms with van der Waals surface area (Å²) in [4.78, 5) is 13.7. The monoisotopic (exact) mass is 504 g/mol. The summed E-state index contributed by atoms with van der Waals surface area (Å²) in [6, 6.07) is 34.9. The molecular weight excluding hydrogens is 484 g/mol. The van der Waals surface area contributed by atoms with Crippen molar-refractivity contribution in [1.82, 2.24) is 19.5 Å². The average Bonchev–Trinajstić information content (AvgIpc) is 3.75. The van der Waals surface area contributed by atoms with Crippen LogP contribution >= 0.6 is 0 Å². The van der Waals surface area contributed by atoms with Crippen LogP contribution in [0.3, 0.4) is 0 Å². The summed E-state index contributed by atoms with van der Waals surface area (Å²) in [5.41, 5.74) is 8.59. The Balaban J connectivity index is 1.39. The first-order chi connectivity index (χ1) is 19.3. The predicted octanol–water partition coefficient (Wildman–Crippen LogP) is 8.31. The van der Waals surface area contributed by atoms with E-state index < -0.39 is 0 Å². The Hall–Kier alpha value is -5.49. The predicted molar refractivity (Wildman–Crippen MR) is 153 cm³/mol. The van der Waals surface area contributed by atoms with Gasteiger partial charge in [0.05, 0.1) is 22.9 Å².